The summed E-state index contributed by atoms with van der Waals surface area (Å²) < 4.78 is 57.7. The van der Waals surface area contributed by atoms with Crippen molar-refractivity contribution in [3.63, 3.8) is 0 Å². The van der Waals surface area contributed by atoms with E-state index < -0.39 is 68.3 Å². The van der Waals surface area contributed by atoms with Gasteiger partial charge in [0.1, 0.15) is 24.0 Å². The Labute approximate surface area is 236 Å². The summed E-state index contributed by atoms with van der Waals surface area (Å²) in [5, 5.41) is 16.8. The van der Waals surface area contributed by atoms with Crippen molar-refractivity contribution < 1.29 is 46.9 Å². The molecule has 0 radical (unpaired) electrons. The highest BCUT2D eigenvalue weighted by molar-refractivity contribution is 7.52. The van der Waals surface area contributed by atoms with Gasteiger partial charge in [-0.2, -0.15) is 5.09 Å². The van der Waals surface area contributed by atoms with Gasteiger partial charge in [-0.1, -0.05) is 0 Å². The number of hydrogen-bond acceptors (Lipinski definition) is 10. The molecule has 1 amide bonds. The molecule has 7 atom stereocenters. The summed E-state index contributed by atoms with van der Waals surface area (Å²) in [6.45, 7) is 6.81. The smallest absolute Gasteiger partial charge is 0.459 e. The second-order valence-corrected chi connectivity index (χ2v) is 12.2. The first-order valence-corrected chi connectivity index (χ1v) is 14.6. The number of fused-ring (bicyclic) bond motifs is 1. The van der Waals surface area contributed by atoms with E-state index >= 15 is 4.39 Å². The van der Waals surface area contributed by atoms with Crippen molar-refractivity contribution in [1.29, 1.82) is 0 Å². The van der Waals surface area contributed by atoms with Gasteiger partial charge >= 0.3 is 13.7 Å². The summed E-state index contributed by atoms with van der Waals surface area (Å²) in [6, 6.07) is 5.58. The molecule has 13 nitrogen and oxygen atoms in total. The van der Waals surface area contributed by atoms with Crippen LogP contribution in [-0.4, -0.2) is 82.7 Å². The predicted molar refractivity (Wildman–Crippen MR) is 145 cm³/mol. The molecule has 4 N–H and O–H groups in total. The summed E-state index contributed by atoms with van der Waals surface area (Å²) in [4.78, 5) is 28.7. The number of rotatable bonds is 11. The van der Waals surface area contributed by atoms with Crippen LogP contribution >= 0.6 is 7.75 Å². The van der Waals surface area contributed by atoms with Gasteiger partial charge in [-0.15, -0.1) is 0 Å². The van der Waals surface area contributed by atoms with Gasteiger partial charge in [-0.25, -0.2) is 8.96 Å². The fourth-order valence-electron chi connectivity index (χ4n) is 4.55. The van der Waals surface area contributed by atoms with Gasteiger partial charge in [-0.05, 0) is 52.0 Å². The number of aromatic amines is 1. The maximum absolute atomic E-state index is 15.9. The van der Waals surface area contributed by atoms with Crippen molar-refractivity contribution >= 4 is 30.5 Å². The van der Waals surface area contributed by atoms with Gasteiger partial charge in [0, 0.05) is 43.4 Å². The maximum Gasteiger partial charge on any atom is 0.459 e. The zero-order valence-corrected chi connectivity index (χ0v) is 24.5. The topological polar surface area (TPSA) is 161 Å². The summed E-state index contributed by atoms with van der Waals surface area (Å²) in [7, 11) is -3.03. The number of nitrogens with zero attached hydrogens (tertiary/aromatic N) is 1. The Morgan fingerprint density at radius 2 is 2.02 bits per heavy atom. The number of halogens is 1. The van der Waals surface area contributed by atoms with Crippen LogP contribution in [0, 0.1) is 0 Å². The van der Waals surface area contributed by atoms with Crippen LogP contribution in [0.2, 0.25) is 0 Å². The van der Waals surface area contributed by atoms with Crippen molar-refractivity contribution in [1.82, 2.24) is 20.3 Å². The van der Waals surface area contributed by atoms with Gasteiger partial charge in [0.15, 0.2) is 11.9 Å². The standard InChI is InChI=1S/C26H36FN4O9P/c1-15(2)38-23(34)16(3)30-41(35,40-18-7-8-19-17(13-18)9-11-28-19)37-14-20-22(33)25(4,27)24(39-20)31-12-10-21(32)29-26(31,5)36-6/h7-13,15-16,20,22,24,28,33H,14H2,1-6H3,(H,29,32)(H,30,35)/t16-,20+,22+,24+,25+,26?,41?/m0/s1. The number of carbonyl (C=O) groups is 2. The Bertz CT molecular complexity index is 1350. The van der Waals surface area contributed by atoms with Crippen LogP contribution < -0.4 is 14.9 Å². The molecule has 15 heteroatoms. The highest BCUT2D eigenvalue weighted by Crippen LogP contribution is 2.47. The normalized spacial score (nSPS) is 30.3. The quantitative estimate of drug-likeness (QED) is 0.222. The number of ether oxygens (including phenoxy) is 3. The monoisotopic (exact) mass is 598 g/mol. The zero-order valence-electron chi connectivity index (χ0n) is 23.6. The number of aromatic nitrogens is 1. The van der Waals surface area contributed by atoms with Crippen LogP contribution in [0.3, 0.4) is 0 Å². The molecule has 1 aromatic carbocycles. The first-order valence-electron chi connectivity index (χ1n) is 13.0. The van der Waals surface area contributed by atoms with E-state index in [1.165, 1.54) is 38.1 Å². The summed E-state index contributed by atoms with van der Waals surface area (Å²) >= 11 is 0. The van der Waals surface area contributed by atoms with E-state index in [1.54, 1.807) is 44.3 Å². The molecule has 0 bridgehead atoms. The van der Waals surface area contributed by atoms with Crippen molar-refractivity contribution in [2.45, 2.75) is 76.7 Å². The molecule has 41 heavy (non-hydrogen) atoms. The number of methoxy groups -OCH3 is 1. The average molecular weight is 599 g/mol. The molecule has 1 aromatic heterocycles. The van der Waals surface area contributed by atoms with Crippen molar-refractivity contribution in [3.8, 4) is 5.75 Å². The number of hydrogen-bond donors (Lipinski definition) is 4. The minimum absolute atomic E-state index is 0.170. The highest BCUT2D eigenvalue weighted by Gasteiger charge is 2.59. The molecule has 1 saturated heterocycles. The average Bonchev–Trinajstić information content (AvgIpc) is 3.44. The number of nitrogens with one attached hydrogen (secondary N) is 3. The van der Waals surface area contributed by atoms with Gasteiger partial charge in [0.25, 0.3) is 0 Å². The Morgan fingerprint density at radius 3 is 2.71 bits per heavy atom. The second-order valence-electron chi connectivity index (χ2n) is 10.5. The predicted octanol–water partition coefficient (Wildman–Crippen LogP) is 2.68. The van der Waals surface area contributed by atoms with Gasteiger partial charge in [-0.3, -0.25) is 14.1 Å². The molecule has 2 aliphatic heterocycles. The first-order chi connectivity index (χ1) is 19.2. The minimum atomic E-state index is -4.35. The molecule has 0 spiro atoms. The van der Waals surface area contributed by atoms with Gasteiger partial charge in [0.05, 0.1) is 12.7 Å². The molecule has 0 aliphatic carbocycles. The molecule has 1 fully saturated rings. The number of aliphatic hydroxyl groups excluding tert-OH is 1. The molecule has 0 saturated carbocycles. The SMILES string of the molecule is COC1(C)NC(=O)C=CN1[C@@H]1O[C@H](COP(=O)(N[C@@H](C)C(=O)OC(C)C)Oc2ccc3[nH]ccc3c2)[C@@H](O)[C@@]1(C)F. The number of carbonyl (C=O) groups excluding carboxylic acids is 2. The summed E-state index contributed by atoms with van der Waals surface area (Å²) in [5.74, 6) is -2.47. The van der Waals surface area contributed by atoms with Crippen LogP contribution in [0.4, 0.5) is 4.39 Å². The second kappa shape index (κ2) is 11.7. The molecular formula is C26H36FN4O9P. The molecule has 3 heterocycles. The van der Waals surface area contributed by atoms with Crippen LogP contribution in [0.1, 0.15) is 34.6 Å². The third-order valence-electron chi connectivity index (χ3n) is 6.82. The van der Waals surface area contributed by atoms with Crippen LogP contribution in [0.5, 0.6) is 5.75 Å². The van der Waals surface area contributed by atoms with E-state index in [0.717, 1.165) is 17.8 Å². The number of H-pyrrole nitrogens is 1. The molecular weight excluding hydrogens is 562 g/mol. The summed E-state index contributed by atoms with van der Waals surface area (Å²) in [5.41, 5.74) is -1.57. The lowest BCUT2D eigenvalue weighted by Gasteiger charge is -2.46. The largest absolute Gasteiger partial charge is 0.462 e. The lowest BCUT2D eigenvalue weighted by molar-refractivity contribution is -0.213. The maximum atomic E-state index is 15.9. The minimum Gasteiger partial charge on any atom is -0.462 e. The fraction of sp³-hybridized carbons (Fsp3) is 0.538. The van der Waals surface area contributed by atoms with Crippen molar-refractivity contribution in [2.75, 3.05) is 13.7 Å². The van der Waals surface area contributed by atoms with Crippen LogP contribution in [-0.2, 0) is 32.9 Å². The van der Waals surface area contributed by atoms with E-state index in [2.05, 4.69) is 15.4 Å². The lowest BCUT2D eigenvalue weighted by atomic mass is 9.97. The third kappa shape index (κ3) is 6.58. The van der Waals surface area contributed by atoms with E-state index in [4.69, 9.17) is 23.3 Å². The highest BCUT2D eigenvalue weighted by atomic mass is 31.2. The van der Waals surface area contributed by atoms with Crippen LogP contribution in [0.25, 0.3) is 10.9 Å². The number of benzene rings is 1. The van der Waals surface area contributed by atoms with Crippen molar-refractivity contribution in [3.05, 3.63) is 42.7 Å². The van der Waals surface area contributed by atoms with E-state index in [0.29, 0.717) is 0 Å². The van der Waals surface area contributed by atoms with Gasteiger partial charge in [0.2, 0.25) is 11.8 Å². The Hall–Kier alpha value is -3.00. The lowest BCUT2D eigenvalue weighted by Crippen LogP contribution is -2.66. The number of aliphatic hydroxyl groups is 1. The third-order valence-corrected chi connectivity index (χ3v) is 8.46. The van der Waals surface area contributed by atoms with E-state index in [1.807, 2.05) is 0 Å². The molecule has 226 valence electrons. The number of esters is 1. The molecule has 2 unspecified atom stereocenters. The molecule has 4 rings (SSSR count). The number of alkyl halides is 1. The Morgan fingerprint density at radius 1 is 1.29 bits per heavy atom. The van der Waals surface area contributed by atoms with E-state index in [-0.39, 0.29) is 5.75 Å². The van der Waals surface area contributed by atoms with Gasteiger partial charge < -0.3 is 39.0 Å². The molecule has 2 aliphatic rings. The van der Waals surface area contributed by atoms with Crippen LogP contribution in [0.15, 0.2) is 42.7 Å². The summed E-state index contributed by atoms with van der Waals surface area (Å²) in [6.07, 6.45) is -0.725. The first kappa shape index (κ1) is 30.9. The van der Waals surface area contributed by atoms with E-state index in [9.17, 15) is 19.3 Å². The Balaban J connectivity index is 1.55. The number of amides is 1. The zero-order chi connectivity index (χ0) is 30.2. The Kier molecular flexibility index (Phi) is 8.84. The molecule has 2 aromatic rings. The fourth-order valence-corrected chi connectivity index (χ4v) is 6.04. The van der Waals surface area contributed by atoms with Crippen molar-refractivity contribution in [2.24, 2.45) is 0 Å².